The van der Waals surface area contributed by atoms with E-state index in [1.54, 1.807) is 30.3 Å². The van der Waals surface area contributed by atoms with Crippen LogP contribution in [0.4, 0.5) is 5.69 Å². The van der Waals surface area contributed by atoms with Crippen molar-refractivity contribution in [1.82, 2.24) is 0 Å². The Hall–Kier alpha value is -2.95. The quantitative estimate of drug-likeness (QED) is 0.804. The van der Waals surface area contributed by atoms with Crippen molar-refractivity contribution in [3.8, 4) is 0 Å². The largest absolute Gasteiger partial charge is 0.366 e. The van der Waals surface area contributed by atoms with Gasteiger partial charge in [0.05, 0.1) is 0 Å². The Bertz CT molecular complexity index is 736. The van der Waals surface area contributed by atoms with Crippen LogP contribution in [-0.2, 0) is 4.79 Å². The van der Waals surface area contributed by atoms with Gasteiger partial charge in [-0.05, 0) is 25.1 Å². The number of anilines is 1. The predicted molar refractivity (Wildman–Crippen MR) is 88.3 cm³/mol. The zero-order valence-corrected chi connectivity index (χ0v) is 12.8. The minimum atomic E-state index is -0.560. The van der Waals surface area contributed by atoms with E-state index in [4.69, 9.17) is 5.73 Å². The molecule has 2 amide bonds. The zero-order valence-electron chi connectivity index (χ0n) is 12.8. The number of carbonyl (C=O) groups excluding carboxylic acids is 3. The number of Topliss-reactive ketones (excluding diaryl/α,β-unsaturated/α-hetero) is 1. The molecule has 0 aliphatic carbocycles. The number of nitrogens with one attached hydrogen (secondary N) is 1. The first-order valence-corrected chi connectivity index (χ1v) is 7.25. The van der Waals surface area contributed by atoms with E-state index in [1.807, 2.05) is 19.1 Å². The summed E-state index contributed by atoms with van der Waals surface area (Å²) < 4.78 is 0. The maximum Gasteiger partial charge on any atom is 0.248 e. The zero-order chi connectivity index (χ0) is 16.8. The van der Waals surface area contributed by atoms with Gasteiger partial charge in [0.15, 0.2) is 5.78 Å². The minimum absolute atomic E-state index is 0.0769. The lowest BCUT2D eigenvalue weighted by Crippen LogP contribution is -2.15. The van der Waals surface area contributed by atoms with Crippen molar-refractivity contribution < 1.29 is 14.4 Å². The minimum Gasteiger partial charge on any atom is -0.366 e. The molecule has 0 heterocycles. The number of ketones is 1. The fourth-order valence-corrected chi connectivity index (χ4v) is 2.08. The third kappa shape index (κ3) is 4.78. The van der Waals surface area contributed by atoms with Gasteiger partial charge in [0, 0.05) is 29.7 Å². The lowest BCUT2D eigenvalue weighted by atomic mass is 10.0. The number of hydrogen-bond acceptors (Lipinski definition) is 3. The third-order valence-corrected chi connectivity index (χ3v) is 3.38. The number of rotatable bonds is 6. The molecule has 0 aliphatic rings. The van der Waals surface area contributed by atoms with E-state index in [0.717, 1.165) is 5.56 Å². The maximum atomic E-state index is 12.0. The molecule has 0 bridgehead atoms. The standard InChI is InChI=1S/C18H18N2O3/c1-12-5-7-13(8-6-12)16(21)9-10-17(22)20-15-4-2-3-14(11-15)18(19)23/h2-8,11H,9-10H2,1H3,(H2,19,23)(H,20,22). The summed E-state index contributed by atoms with van der Waals surface area (Å²) in [4.78, 5) is 35.0. The summed E-state index contributed by atoms with van der Waals surface area (Å²) in [6.07, 6.45) is 0.206. The molecule has 0 saturated heterocycles. The van der Waals surface area contributed by atoms with Crippen LogP contribution in [0.15, 0.2) is 48.5 Å². The van der Waals surface area contributed by atoms with Gasteiger partial charge in [-0.2, -0.15) is 0 Å². The summed E-state index contributed by atoms with van der Waals surface area (Å²) in [5, 5.41) is 2.65. The molecule has 23 heavy (non-hydrogen) atoms. The van der Waals surface area contributed by atoms with Crippen LogP contribution in [0.2, 0.25) is 0 Å². The molecule has 2 aromatic rings. The highest BCUT2D eigenvalue weighted by atomic mass is 16.2. The number of hydrogen-bond donors (Lipinski definition) is 2. The number of aryl methyl sites for hydroxylation is 1. The highest BCUT2D eigenvalue weighted by molar-refractivity contribution is 6.00. The van der Waals surface area contributed by atoms with Crippen molar-refractivity contribution in [3.05, 3.63) is 65.2 Å². The number of benzene rings is 2. The Morgan fingerprint density at radius 1 is 0.957 bits per heavy atom. The highest BCUT2D eigenvalue weighted by Crippen LogP contribution is 2.12. The summed E-state index contributed by atoms with van der Waals surface area (Å²) in [7, 11) is 0. The number of primary amides is 1. The molecule has 0 saturated carbocycles. The summed E-state index contributed by atoms with van der Waals surface area (Å²) in [6.45, 7) is 1.95. The van der Waals surface area contributed by atoms with Crippen molar-refractivity contribution in [2.24, 2.45) is 5.73 Å². The molecule has 118 valence electrons. The third-order valence-electron chi connectivity index (χ3n) is 3.38. The lowest BCUT2D eigenvalue weighted by molar-refractivity contribution is -0.116. The molecule has 0 fully saturated rings. The Morgan fingerprint density at radius 2 is 1.65 bits per heavy atom. The van der Waals surface area contributed by atoms with Gasteiger partial charge in [0.2, 0.25) is 11.8 Å². The molecular formula is C18H18N2O3. The van der Waals surface area contributed by atoms with Crippen molar-refractivity contribution in [3.63, 3.8) is 0 Å². The van der Waals surface area contributed by atoms with E-state index in [1.165, 1.54) is 6.07 Å². The molecule has 5 heteroatoms. The molecule has 0 atom stereocenters. The van der Waals surface area contributed by atoms with Crippen LogP contribution < -0.4 is 11.1 Å². The van der Waals surface area contributed by atoms with Gasteiger partial charge in [0.1, 0.15) is 0 Å². The predicted octanol–water partition coefficient (Wildman–Crippen LogP) is 2.70. The molecular weight excluding hydrogens is 292 g/mol. The van der Waals surface area contributed by atoms with Gasteiger partial charge in [-0.3, -0.25) is 14.4 Å². The van der Waals surface area contributed by atoms with E-state index >= 15 is 0 Å². The number of carbonyl (C=O) groups is 3. The second kappa shape index (κ2) is 7.35. The fraction of sp³-hybridized carbons (Fsp3) is 0.167. The monoisotopic (exact) mass is 310 g/mol. The van der Waals surface area contributed by atoms with E-state index in [0.29, 0.717) is 16.8 Å². The molecule has 2 rings (SSSR count). The maximum absolute atomic E-state index is 12.0. The molecule has 0 aromatic heterocycles. The van der Waals surface area contributed by atoms with Gasteiger partial charge in [-0.25, -0.2) is 0 Å². The van der Waals surface area contributed by atoms with Gasteiger partial charge < -0.3 is 11.1 Å². The first-order valence-electron chi connectivity index (χ1n) is 7.25. The summed E-state index contributed by atoms with van der Waals surface area (Å²) in [5.41, 5.74) is 7.66. The topological polar surface area (TPSA) is 89.3 Å². The van der Waals surface area contributed by atoms with Gasteiger partial charge in [-0.1, -0.05) is 35.9 Å². The van der Waals surface area contributed by atoms with Crippen molar-refractivity contribution in [2.75, 3.05) is 5.32 Å². The van der Waals surface area contributed by atoms with Crippen molar-refractivity contribution in [2.45, 2.75) is 19.8 Å². The number of nitrogens with two attached hydrogens (primary N) is 1. The Morgan fingerprint density at radius 3 is 2.30 bits per heavy atom. The second-order valence-corrected chi connectivity index (χ2v) is 5.28. The summed E-state index contributed by atoms with van der Waals surface area (Å²) >= 11 is 0. The van der Waals surface area contributed by atoms with Crippen LogP contribution in [0, 0.1) is 6.92 Å². The first-order chi connectivity index (χ1) is 11.0. The molecule has 0 aliphatic heterocycles. The van der Waals surface area contributed by atoms with Gasteiger partial charge in [0.25, 0.3) is 0 Å². The lowest BCUT2D eigenvalue weighted by Gasteiger charge is -2.06. The van der Waals surface area contributed by atoms with Crippen LogP contribution in [0.25, 0.3) is 0 Å². The van der Waals surface area contributed by atoms with Crippen molar-refractivity contribution >= 4 is 23.3 Å². The molecule has 0 spiro atoms. The van der Waals surface area contributed by atoms with E-state index in [-0.39, 0.29) is 24.5 Å². The van der Waals surface area contributed by atoms with E-state index < -0.39 is 5.91 Å². The molecule has 3 N–H and O–H groups in total. The SMILES string of the molecule is Cc1ccc(C(=O)CCC(=O)Nc2cccc(C(N)=O)c2)cc1. The first kappa shape index (κ1) is 16.4. The van der Waals surface area contributed by atoms with Crippen LogP contribution in [-0.4, -0.2) is 17.6 Å². The second-order valence-electron chi connectivity index (χ2n) is 5.28. The van der Waals surface area contributed by atoms with Crippen LogP contribution >= 0.6 is 0 Å². The Kier molecular flexibility index (Phi) is 5.25. The van der Waals surface area contributed by atoms with Crippen LogP contribution in [0.5, 0.6) is 0 Å². The Balaban J connectivity index is 1.90. The Labute approximate surface area is 134 Å². The summed E-state index contributed by atoms with van der Waals surface area (Å²) in [6, 6.07) is 13.6. The van der Waals surface area contributed by atoms with Gasteiger partial charge >= 0.3 is 0 Å². The average molecular weight is 310 g/mol. The van der Waals surface area contributed by atoms with E-state index in [2.05, 4.69) is 5.32 Å². The average Bonchev–Trinajstić information content (AvgIpc) is 2.53. The summed E-state index contributed by atoms with van der Waals surface area (Å²) in [5.74, 6) is -0.922. The highest BCUT2D eigenvalue weighted by Gasteiger charge is 2.10. The number of amides is 2. The van der Waals surface area contributed by atoms with Crippen molar-refractivity contribution in [1.29, 1.82) is 0 Å². The molecule has 0 radical (unpaired) electrons. The molecule has 5 nitrogen and oxygen atoms in total. The van der Waals surface area contributed by atoms with Crippen LogP contribution in [0.3, 0.4) is 0 Å². The normalized spacial score (nSPS) is 10.1. The molecule has 2 aromatic carbocycles. The smallest absolute Gasteiger partial charge is 0.248 e. The van der Waals surface area contributed by atoms with Crippen LogP contribution in [0.1, 0.15) is 39.1 Å². The van der Waals surface area contributed by atoms with Gasteiger partial charge in [-0.15, -0.1) is 0 Å². The van der Waals surface area contributed by atoms with E-state index in [9.17, 15) is 14.4 Å². The molecule has 0 unspecified atom stereocenters. The fourth-order valence-electron chi connectivity index (χ4n) is 2.08.